The van der Waals surface area contributed by atoms with Crippen LogP contribution in [0.15, 0.2) is 60.8 Å². The molecule has 0 spiro atoms. The highest BCUT2D eigenvalue weighted by Gasteiger charge is 2.14. The largest absolute Gasteiger partial charge is 0.492 e. The van der Waals surface area contributed by atoms with Gasteiger partial charge in [0.1, 0.15) is 11.8 Å². The normalized spacial score (nSPS) is 10.2. The first-order valence-electron chi connectivity index (χ1n) is 8.18. The lowest BCUT2D eigenvalue weighted by Crippen LogP contribution is -2.04. The number of carboxylic acids is 1. The maximum atomic E-state index is 11.4. The van der Waals surface area contributed by atoms with E-state index in [1.165, 1.54) is 12.3 Å². The minimum Gasteiger partial charge on any atom is -0.492 e. The average molecular weight is 379 g/mol. The maximum Gasteiger partial charge on any atom is 0.337 e. The van der Waals surface area contributed by atoms with E-state index in [1.54, 1.807) is 24.3 Å². The van der Waals surface area contributed by atoms with Crippen molar-refractivity contribution in [1.82, 2.24) is 4.98 Å². The number of aromatic carboxylic acids is 1. The number of hydrogen-bond acceptors (Lipinski definition) is 4. The van der Waals surface area contributed by atoms with Gasteiger partial charge in [-0.2, -0.15) is 5.26 Å². The summed E-state index contributed by atoms with van der Waals surface area (Å²) in [5.74, 6) is -0.622. The van der Waals surface area contributed by atoms with E-state index in [4.69, 9.17) is 16.3 Å². The van der Waals surface area contributed by atoms with E-state index >= 15 is 0 Å². The Morgan fingerprint density at radius 2 is 1.96 bits per heavy atom. The number of rotatable bonds is 6. The fourth-order valence-corrected chi connectivity index (χ4v) is 2.75. The Kier molecular flexibility index (Phi) is 5.70. The molecule has 5 nitrogen and oxygen atoms in total. The molecule has 0 unspecified atom stereocenters. The topological polar surface area (TPSA) is 83.2 Å². The molecule has 134 valence electrons. The van der Waals surface area contributed by atoms with E-state index in [2.05, 4.69) is 11.1 Å². The monoisotopic (exact) mass is 378 g/mol. The molecule has 1 heterocycles. The summed E-state index contributed by atoms with van der Waals surface area (Å²) in [6.45, 7) is 0.402. The van der Waals surface area contributed by atoms with Gasteiger partial charge in [0.25, 0.3) is 0 Å². The molecule has 1 aromatic heterocycles. The Bertz CT molecular complexity index is 1010. The second-order valence-corrected chi connectivity index (χ2v) is 6.19. The van der Waals surface area contributed by atoms with Crippen molar-refractivity contribution >= 4 is 17.6 Å². The fourth-order valence-electron chi connectivity index (χ4n) is 2.63. The quantitative estimate of drug-likeness (QED) is 0.678. The summed E-state index contributed by atoms with van der Waals surface area (Å²) in [5, 5.41) is 19.4. The second-order valence-electron chi connectivity index (χ2n) is 5.75. The number of aromatic nitrogens is 1. The maximum absolute atomic E-state index is 11.4. The van der Waals surface area contributed by atoms with Crippen molar-refractivity contribution in [3.63, 3.8) is 0 Å². The highest BCUT2D eigenvalue weighted by atomic mass is 35.5. The zero-order chi connectivity index (χ0) is 19.2. The van der Waals surface area contributed by atoms with Crippen LogP contribution in [0.25, 0.3) is 11.3 Å². The van der Waals surface area contributed by atoms with Crippen LogP contribution in [0.1, 0.15) is 21.5 Å². The van der Waals surface area contributed by atoms with Crippen LogP contribution in [0, 0.1) is 11.3 Å². The lowest BCUT2D eigenvalue weighted by molar-refractivity contribution is 0.0697. The van der Waals surface area contributed by atoms with Gasteiger partial charge < -0.3 is 9.84 Å². The molecule has 0 bridgehead atoms. The SMILES string of the molecule is N#Cc1cc(-c2ncccc2C(=O)O)ccc1OCCc1ccc(Cl)cc1. The number of benzene rings is 2. The van der Waals surface area contributed by atoms with E-state index in [9.17, 15) is 15.2 Å². The Morgan fingerprint density at radius 3 is 2.67 bits per heavy atom. The third-order valence-electron chi connectivity index (χ3n) is 3.97. The van der Waals surface area contributed by atoms with Gasteiger partial charge in [-0.15, -0.1) is 0 Å². The van der Waals surface area contributed by atoms with Crippen LogP contribution in [0.5, 0.6) is 5.75 Å². The average Bonchev–Trinajstić information content (AvgIpc) is 2.69. The first-order valence-corrected chi connectivity index (χ1v) is 8.56. The van der Waals surface area contributed by atoms with Gasteiger partial charge in [-0.05, 0) is 48.0 Å². The van der Waals surface area contributed by atoms with Gasteiger partial charge in [-0.25, -0.2) is 4.79 Å². The molecule has 0 aliphatic carbocycles. The fraction of sp³-hybridized carbons (Fsp3) is 0.0952. The molecule has 0 radical (unpaired) electrons. The molecular formula is C21H15ClN2O3. The van der Waals surface area contributed by atoms with Crippen molar-refractivity contribution in [2.45, 2.75) is 6.42 Å². The number of nitrogens with zero attached hydrogens (tertiary/aromatic N) is 2. The number of carboxylic acid groups (broad SMARTS) is 1. The van der Waals surface area contributed by atoms with Crippen molar-refractivity contribution in [3.8, 4) is 23.1 Å². The molecule has 0 aliphatic rings. The third kappa shape index (κ3) is 4.43. The summed E-state index contributed by atoms with van der Waals surface area (Å²) in [4.78, 5) is 15.5. The zero-order valence-corrected chi connectivity index (χ0v) is 15.0. The van der Waals surface area contributed by atoms with Crippen LogP contribution in [-0.4, -0.2) is 22.7 Å². The molecule has 0 fully saturated rings. The minimum absolute atomic E-state index is 0.0813. The molecule has 0 saturated carbocycles. The van der Waals surface area contributed by atoms with Crippen molar-refractivity contribution < 1.29 is 14.6 Å². The molecule has 0 aliphatic heterocycles. The predicted molar refractivity (Wildman–Crippen MR) is 102 cm³/mol. The van der Waals surface area contributed by atoms with Crippen LogP contribution < -0.4 is 4.74 Å². The van der Waals surface area contributed by atoms with Crippen LogP contribution >= 0.6 is 11.6 Å². The summed E-state index contributed by atoms with van der Waals surface area (Å²) in [5.41, 5.74) is 2.35. The summed E-state index contributed by atoms with van der Waals surface area (Å²) in [7, 11) is 0. The first-order chi connectivity index (χ1) is 13.1. The summed E-state index contributed by atoms with van der Waals surface area (Å²) in [6.07, 6.45) is 2.19. The first kappa shape index (κ1) is 18.4. The van der Waals surface area contributed by atoms with Crippen molar-refractivity contribution in [3.05, 3.63) is 82.5 Å². The van der Waals surface area contributed by atoms with E-state index in [1.807, 2.05) is 24.3 Å². The molecule has 0 saturated heterocycles. The lowest BCUT2D eigenvalue weighted by Gasteiger charge is -2.10. The molecule has 3 rings (SSSR count). The Balaban J connectivity index is 1.78. The number of halogens is 1. The van der Waals surface area contributed by atoms with Gasteiger partial charge in [0.15, 0.2) is 0 Å². The smallest absolute Gasteiger partial charge is 0.337 e. The molecule has 0 atom stereocenters. The highest BCUT2D eigenvalue weighted by Crippen LogP contribution is 2.27. The Hall–Kier alpha value is -3.36. The van der Waals surface area contributed by atoms with Gasteiger partial charge >= 0.3 is 5.97 Å². The number of carbonyl (C=O) groups is 1. The van der Waals surface area contributed by atoms with Gasteiger partial charge in [-0.1, -0.05) is 23.7 Å². The summed E-state index contributed by atoms with van der Waals surface area (Å²) in [6, 6.07) is 17.6. The van der Waals surface area contributed by atoms with Gasteiger partial charge in [0.2, 0.25) is 0 Å². The van der Waals surface area contributed by atoms with Gasteiger partial charge in [-0.3, -0.25) is 4.98 Å². The minimum atomic E-state index is -1.07. The highest BCUT2D eigenvalue weighted by molar-refractivity contribution is 6.30. The Morgan fingerprint density at radius 1 is 1.19 bits per heavy atom. The number of nitriles is 1. The Labute approximate surface area is 161 Å². The van der Waals surface area contributed by atoms with Crippen molar-refractivity contribution in [2.24, 2.45) is 0 Å². The molecule has 27 heavy (non-hydrogen) atoms. The molecule has 1 N–H and O–H groups in total. The molecule has 6 heteroatoms. The van der Waals surface area contributed by atoms with E-state index < -0.39 is 5.97 Å². The number of ether oxygens (including phenoxy) is 1. The molecule has 3 aromatic rings. The van der Waals surface area contributed by atoms with Crippen LogP contribution in [0.4, 0.5) is 0 Å². The van der Waals surface area contributed by atoms with Crippen LogP contribution in [0.2, 0.25) is 5.02 Å². The molecular weight excluding hydrogens is 364 g/mol. The lowest BCUT2D eigenvalue weighted by atomic mass is 10.0. The van der Waals surface area contributed by atoms with E-state index in [0.29, 0.717) is 40.6 Å². The summed E-state index contributed by atoms with van der Waals surface area (Å²) < 4.78 is 5.74. The summed E-state index contributed by atoms with van der Waals surface area (Å²) >= 11 is 5.87. The third-order valence-corrected chi connectivity index (χ3v) is 4.23. The number of pyridine rings is 1. The standard InChI is InChI=1S/C21H15ClN2O3/c22-17-6-3-14(4-7-17)9-11-27-19-8-5-15(12-16(19)13-23)20-18(21(25)26)2-1-10-24-20/h1-8,10,12H,9,11H2,(H,25,26). The number of hydrogen-bond donors (Lipinski definition) is 1. The molecule has 2 aromatic carbocycles. The van der Waals surface area contributed by atoms with Gasteiger partial charge in [0, 0.05) is 23.2 Å². The van der Waals surface area contributed by atoms with Crippen molar-refractivity contribution in [2.75, 3.05) is 6.61 Å². The van der Waals surface area contributed by atoms with E-state index in [-0.39, 0.29) is 5.56 Å². The second kappa shape index (κ2) is 8.35. The van der Waals surface area contributed by atoms with Crippen molar-refractivity contribution in [1.29, 1.82) is 5.26 Å². The van der Waals surface area contributed by atoms with Crippen LogP contribution in [0.3, 0.4) is 0 Å². The van der Waals surface area contributed by atoms with E-state index in [0.717, 1.165) is 5.56 Å². The van der Waals surface area contributed by atoms with Gasteiger partial charge in [0.05, 0.1) is 23.4 Å². The predicted octanol–water partition coefficient (Wildman–Crippen LogP) is 4.59. The molecule has 0 amide bonds. The zero-order valence-electron chi connectivity index (χ0n) is 14.2. The van der Waals surface area contributed by atoms with Crippen LogP contribution in [-0.2, 0) is 6.42 Å².